The van der Waals surface area contributed by atoms with Crippen LogP contribution in [0.15, 0.2) is 48.8 Å². The van der Waals surface area contributed by atoms with Gasteiger partial charge in [0.15, 0.2) is 0 Å². The summed E-state index contributed by atoms with van der Waals surface area (Å²) in [4.78, 5) is 15.1. The van der Waals surface area contributed by atoms with Crippen molar-refractivity contribution in [2.45, 2.75) is 31.6 Å². The molecular weight excluding hydrogens is 413 g/mol. The first kappa shape index (κ1) is 22.1. The topological polar surface area (TPSA) is 109 Å². The van der Waals surface area contributed by atoms with Crippen LogP contribution in [0.4, 0.5) is 9.18 Å². The Hall–Kier alpha value is -2.56. The van der Waals surface area contributed by atoms with Crippen LogP contribution in [-0.2, 0) is 21.4 Å². The Morgan fingerprint density at radius 3 is 2.70 bits per heavy atom. The van der Waals surface area contributed by atoms with Crippen LogP contribution in [0.25, 0.3) is 0 Å². The van der Waals surface area contributed by atoms with E-state index in [1.54, 1.807) is 24.3 Å². The quantitative estimate of drug-likeness (QED) is 0.657. The lowest BCUT2D eigenvalue weighted by atomic mass is 10.1. The summed E-state index contributed by atoms with van der Waals surface area (Å²) in [5.74, 6) is -0.713. The summed E-state index contributed by atoms with van der Waals surface area (Å²) in [7, 11) is -3.70. The molecule has 10 heteroatoms. The van der Waals surface area contributed by atoms with E-state index < -0.39 is 22.2 Å². The van der Waals surface area contributed by atoms with Gasteiger partial charge in [0, 0.05) is 25.5 Å². The van der Waals surface area contributed by atoms with Crippen LogP contribution in [0.5, 0.6) is 0 Å². The van der Waals surface area contributed by atoms with E-state index >= 15 is 0 Å². The Morgan fingerprint density at radius 1 is 1.30 bits per heavy atom. The maximum Gasteiger partial charge on any atom is 0.405 e. The number of halogens is 1. The third kappa shape index (κ3) is 6.22. The number of hydrogen-bond acceptors (Lipinski definition) is 5. The fourth-order valence-electron chi connectivity index (χ4n) is 3.39. The van der Waals surface area contributed by atoms with Crippen LogP contribution in [0.2, 0.25) is 0 Å². The molecule has 2 heterocycles. The Bertz CT molecular complexity index is 950. The lowest BCUT2D eigenvalue weighted by molar-refractivity contribution is 0.0101. The van der Waals surface area contributed by atoms with Gasteiger partial charge in [0.05, 0.1) is 24.5 Å². The highest BCUT2D eigenvalue weighted by Gasteiger charge is 2.31. The molecule has 2 N–H and O–H groups in total. The number of aromatic nitrogens is 1. The van der Waals surface area contributed by atoms with Crippen molar-refractivity contribution in [1.82, 2.24) is 14.6 Å². The molecule has 0 bridgehead atoms. The molecular formula is C20H24FN3O5S. The van der Waals surface area contributed by atoms with Gasteiger partial charge in [-0.15, -0.1) is 0 Å². The standard InChI is InChI=1S/C20H24FN3O5S/c21-17-5-1-3-15(11-17)13-29-18-6-9-24(10-7-18)30(27,28)14-19(23-20(25)26)16-4-2-8-22-12-16/h1-5,8,11-12,18-19,23H,6-7,9-10,13-14H2,(H,25,26). The molecule has 1 amide bonds. The molecule has 1 aliphatic rings. The van der Waals surface area contributed by atoms with Crippen LogP contribution in [0.3, 0.4) is 0 Å². The maximum absolute atomic E-state index is 13.2. The highest BCUT2D eigenvalue weighted by atomic mass is 32.2. The summed E-state index contributed by atoms with van der Waals surface area (Å²) >= 11 is 0. The Morgan fingerprint density at radius 2 is 2.07 bits per heavy atom. The number of hydrogen-bond donors (Lipinski definition) is 2. The lowest BCUT2D eigenvalue weighted by Crippen LogP contribution is -2.44. The van der Waals surface area contributed by atoms with Gasteiger partial charge in [0.25, 0.3) is 0 Å². The lowest BCUT2D eigenvalue weighted by Gasteiger charge is -2.32. The number of rotatable bonds is 8. The number of amides is 1. The van der Waals surface area contributed by atoms with E-state index in [9.17, 15) is 17.6 Å². The number of benzene rings is 1. The van der Waals surface area contributed by atoms with Gasteiger partial charge in [0.2, 0.25) is 10.0 Å². The van der Waals surface area contributed by atoms with E-state index in [4.69, 9.17) is 9.84 Å². The molecule has 0 spiro atoms. The molecule has 1 saturated heterocycles. The third-order valence-corrected chi connectivity index (χ3v) is 6.84. The first-order chi connectivity index (χ1) is 14.3. The first-order valence-corrected chi connectivity index (χ1v) is 11.2. The van der Waals surface area contributed by atoms with Crippen molar-refractivity contribution in [3.8, 4) is 0 Å². The highest BCUT2D eigenvalue weighted by Crippen LogP contribution is 2.22. The predicted octanol–water partition coefficient (Wildman–Crippen LogP) is 2.54. The number of pyridine rings is 1. The molecule has 2 aromatic rings. The largest absolute Gasteiger partial charge is 0.465 e. The zero-order chi connectivity index (χ0) is 21.6. The predicted molar refractivity (Wildman–Crippen MR) is 108 cm³/mol. The molecule has 0 saturated carbocycles. The van der Waals surface area contributed by atoms with Crippen LogP contribution in [0, 0.1) is 5.82 Å². The molecule has 1 aliphatic heterocycles. The van der Waals surface area contributed by atoms with Gasteiger partial charge in [-0.2, -0.15) is 0 Å². The van der Waals surface area contributed by atoms with Crippen LogP contribution in [0.1, 0.15) is 30.0 Å². The zero-order valence-electron chi connectivity index (χ0n) is 16.3. The van der Waals surface area contributed by atoms with Gasteiger partial charge in [-0.3, -0.25) is 4.98 Å². The maximum atomic E-state index is 13.2. The fraction of sp³-hybridized carbons (Fsp3) is 0.400. The van der Waals surface area contributed by atoms with Gasteiger partial charge in [-0.25, -0.2) is 21.9 Å². The molecule has 162 valence electrons. The molecule has 8 nitrogen and oxygen atoms in total. The van der Waals surface area contributed by atoms with E-state index in [-0.39, 0.29) is 37.4 Å². The number of carbonyl (C=O) groups is 1. The second kappa shape index (κ2) is 9.96. The average molecular weight is 437 g/mol. The summed E-state index contributed by atoms with van der Waals surface area (Å²) in [5, 5.41) is 11.3. The molecule has 1 aromatic carbocycles. The minimum absolute atomic E-state index is 0.119. The summed E-state index contributed by atoms with van der Waals surface area (Å²) < 4.78 is 46.1. The Kier molecular flexibility index (Phi) is 7.35. The summed E-state index contributed by atoms with van der Waals surface area (Å²) in [6.07, 6.45) is 2.58. The van der Waals surface area contributed by atoms with Gasteiger partial charge in [-0.05, 0) is 42.2 Å². The minimum Gasteiger partial charge on any atom is -0.465 e. The summed E-state index contributed by atoms with van der Waals surface area (Å²) in [6.45, 7) is 0.826. The number of nitrogens with zero attached hydrogens (tertiary/aromatic N) is 2. The van der Waals surface area contributed by atoms with Gasteiger partial charge in [0.1, 0.15) is 5.82 Å². The summed E-state index contributed by atoms with van der Waals surface area (Å²) in [5.41, 5.74) is 1.21. The monoisotopic (exact) mass is 437 g/mol. The van der Waals surface area contributed by atoms with Crippen LogP contribution < -0.4 is 5.32 Å². The molecule has 1 aromatic heterocycles. The average Bonchev–Trinajstić information content (AvgIpc) is 2.72. The van der Waals surface area contributed by atoms with Gasteiger partial charge < -0.3 is 15.2 Å². The molecule has 1 atom stereocenters. The Balaban J connectivity index is 1.56. The third-order valence-electron chi connectivity index (χ3n) is 4.93. The molecule has 30 heavy (non-hydrogen) atoms. The first-order valence-electron chi connectivity index (χ1n) is 9.57. The van der Waals surface area contributed by atoms with E-state index in [0.717, 1.165) is 5.56 Å². The van der Waals surface area contributed by atoms with Crippen molar-refractivity contribution in [3.05, 3.63) is 65.7 Å². The smallest absolute Gasteiger partial charge is 0.405 e. The van der Waals surface area contributed by atoms with E-state index in [2.05, 4.69) is 10.3 Å². The molecule has 1 fully saturated rings. The van der Waals surface area contributed by atoms with Crippen molar-refractivity contribution in [2.24, 2.45) is 0 Å². The SMILES string of the molecule is O=C(O)NC(CS(=O)(=O)N1CCC(OCc2cccc(F)c2)CC1)c1cccnc1. The molecule has 0 radical (unpaired) electrons. The van der Waals surface area contributed by atoms with E-state index in [1.165, 1.54) is 28.8 Å². The fourth-order valence-corrected chi connectivity index (χ4v) is 5.06. The van der Waals surface area contributed by atoms with E-state index in [1.807, 2.05) is 0 Å². The number of sulfonamides is 1. The van der Waals surface area contributed by atoms with Crippen LogP contribution >= 0.6 is 0 Å². The summed E-state index contributed by atoms with van der Waals surface area (Å²) in [6, 6.07) is 8.51. The van der Waals surface area contributed by atoms with Crippen molar-refractivity contribution in [2.75, 3.05) is 18.8 Å². The Labute approximate surface area is 174 Å². The molecule has 0 aliphatic carbocycles. The van der Waals surface area contributed by atoms with Crippen LogP contribution in [-0.4, -0.2) is 53.9 Å². The second-order valence-corrected chi connectivity index (χ2v) is 9.12. The normalized spacial score (nSPS) is 16.8. The van der Waals surface area contributed by atoms with E-state index in [0.29, 0.717) is 18.4 Å². The second-order valence-electron chi connectivity index (χ2n) is 7.11. The van der Waals surface area contributed by atoms with Crippen molar-refractivity contribution >= 4 is 16.1 Å². The zero-order valence-corrected chi connectivity index (χ0v) is 17.1. The minimum atomic E-state index is -3.70. The number of ether oxygens (including phenoxy) is 1. The molecule has 3 rings (SSSR count). The van der Waals surface area contributed by atoms with Crippen molar-refractivity contribution in [3.63, 3.8) is 0 Å². The van der Waals surface area contributed by atoms with Crippen molar-refractivity contribution in [1.29, 1.82) is 0 Å². The number of nitrogens with one attached hydrogen (secondary N) is 1. The highest BCUT2D eigenvalue weighted by molar-refractivity contribution is 7.89. The van der Waals surface area contributed by atoms with Crippen molar-refractivity contribution < 1.29 is 27.4 Å². The van der Waals surface area contributed by atoms with Gasteiger partial charge in [-0.1, -0.05) is 18.2 Å². The number of piperidine rings is 1. The van der Waals surface area contributed by atoms with Gasteiger partial charge >= 0.3 is 6.09 Å². The number of carboxylic acid groups (broad SMARTS) is 1. The molecule has 1 unspecified atom stereocenters.